The molecule has 0 fully saturated rings. The average Bonchev–Trinajstić information content (AvgIpc) is 2.49. The van der Waals surface area contributed by atoms with Crippen molar-refractivity contribution >= 4 is 11.7 Å². The summed E-state index contributed by atoms with van der Waals surface area (Å²) < 4.78 is 9.85. The standard InChI is InChI=1S/C10H17N3O3/c1-6(5-15-4)11-10(14)12-9-7(2)13-16-8(9)3/h6H,5H2,1-4H3,(H2,11,12,14)/t6-/m1/s1. The number of carbonyl (C=O) groups excluding carboxylic acids is 1. The number of amides is 2. The Morgan fingerprint density at radius 1 is 1.56 bits per heavy atom. The van der Waals surface area contributed by atoms with Gasteiger partial charge in [0.05, 0.1) is 12.6 Å². The zero-order chi connectivity index (χ0) is 12.1. The fraction of sp³-hybridized carbons (Fsp3) is 0.600. The summed E-state index contributed by atoms with van der Waals surface area (Å²) in [4.78, 5) is 11.6. The highest BCUT2D eigenvalue weighted by Gasteiger charge is 2.13. The Hall–Kier alpha value is -1.56. The van der Waals surface area contributed by atoms with Crippen LogP contribution in [0.1, 0.15) is 18.4 Å². The molecule has 1 heterocycles. The van der Waals surface area contributed by atoms with E-state index in [1.54, 1.807) is 21.0 Å². The van der Waals surface area contributed by atoms with E-state index in [-0.39, 0.29) is 12.1 Å². The van der Waals surface area contributed by atoms with Crippen LogP contribution in [0.5, 0.6) is 0 Å². The number of urea groups is 1. The zero-order valence-electron chi connectivity index (χ0n) is 9.96. The highest BCUT2D eigenvalue weighted by molar-refractivity contribution is 5.90. The lowest BCUT2D eigenvalue weighted by atomic mass is 10.3. The second-order valence-electron chi connectivity index (χ2n) is 3.65. The van der Waals surface area contributed by atoms with E-state index in [0.29, 0.717) is 23.7 Å². The van der Waals surface area contributed by atoms with Crippen LogP contribution in [0.15, 0.2) is 4.52 Å². The smallest absolute Gasteiger partial charge is 0.319 e. The Labute approximate surface area is 94.3 Å². The maximum Gasteiger partial charge on any atom is 0.319 e. The Morgan fingerprint density at radius 2 is 2.25 bits per heavy atom. The van der Waals surface area contributed by atoms with Gasteiger partial charge in [-0.05, 0) is 20.8 Å². The first-order valence-corrected chi connectivity index (χ1v) is 5.04. The summed E-state index contributed by atoms with van der Waals surface area (Å²) >= 11 is 0. The summed E-state index contributed by atoms with van der Waals surface area (Å²) in [5, 5.41) is 9.16. The fourth-order valence-electron chi connectivity index (χ4n) is 1.33. The second-order valence-corrected chi connectivity index (χ2v) is 3.65. The normalized spacial score (nSPS) is 12.2. The van der Waals surface area contributed by atoms with Gasteiger partial charge in [0.25, 0.3) is 0 Å². The van der Waals surface area contributed by atoms with E-state index in [1.165, 1.54) is 0 Å². The summed E-state index contributed by atoms with van der Waals surface area (Å²) in [5.41, 5.74) is 1.27. The Kier molecular flexibility index (Phi) is 4.30. The molecule has 1 rings (SSSR count). The van der Waals surface area contributed by atoms with Gasteiger partial charge in [-0.2, -0.15) is 0 Å². The van der Waals surface area contributed by atoms with Crippen LogP contribution in [0.2, 0.25) is 0 Å². The molecule has 0 saturated heterocycles. The van der Waals surface area contributed by atoms with Gasteiger partial charge in [0.2, 0.25) is 0 Å². The summed E-state index contributed by atoms with van der Waals surface area (Å²) in [7, 11) is 1.59. The lowest BCUT2D eigenvalue weighted by molar-refractivity contribution is 0.173. The molecule has 1 aromatic rings. The molecule has 6 heteroatoms. The molecular weight excluding hydrogens is 210 g/mol. The van der Waals surface area contributed by atoms with Crippen molar-refractivity contribution in [2.45, 2.75) is 26.8 Å². The van der Waals surface area contributed by atoms with Crippen LogP contribution in [0.3, 0.4) is 0 Å². The average molecular weight is 227 g/mol. The van der Waals surface area contributed by atoms with Crippen molar-refractivity contribution in [2.75, 3.05) is 19.0 Å². The Bertz CT molecular complexity index is 343. The minimum Gasteiger partial charge on any atom is -0.383 e. The Balaban J connectivity index is 2.52. The number of aromatic nitrogens is 1. The molecule has 0 aliphatic carbocycles. The minimum absolute atomic E-state index is 0.0505. The minimum atomic E-state index is -0.293. The maximum atomic E-state index is 11.6. The molecule has 1 atom stereocenters. The molecule has 0 aliphatic rings. The third kappa shape index (κ3) is 3.23. The van der Waals surface area contributed by atoms with Crippen LogP contribution in [0, 0.1) is 13.8 Å². The number of carbonyl (C=O) groups is 1. The van der Waals surface area contributed by atoms with Gasteiger partial charge in [0.15, 0.2) is 5.76 Å². The number of anilines is 1. The molecule has 2 N–H and O–H groups in total. The number of methoxy groups -OCH3 is 1. The number of rotatable bonds is 4. The summed E-state index contributed by atoms with van der Waals surface area (Å²) in [6.07, 6.45) is 0. The first-order chi connectivity index (χ1) is 7.54. The predicted molar refractivity (Wildman–Crippen MR) is 59.5 cm³/mol. The van der Waals surface area contributed by atoms with Crippen LogP contribution in [-0.4, -0.2) is 30.9 Å². The third-order valence-electron chi connectivity index (χ3n) is 2.07. The number of aryl methyl sites for hydroxylation is 2. The third-order valence-corrected chi connectivity index (χ3v) is 2.07. The van der Waals surface area contributed by atoms with Gasteiger partial charge in [-0.1, -0.05) is 5.16 Å². The lowest BCUT2D eigenvalue weighted by Gasteiger charge is -2.13. The number of ether oxygens (including phenoxy) is 1. The van der Waals surface area contributed by atoms with Crippen LogP contribution < -0.4 is 10.6 Å². The zero-order valence-corrected chi connectivity index (χ0v) is 9.96. The molecule has 0 unspecified atom stereocenters. The lowest BCUT2D eigenvalue weighted by Crippen LogP contribution is -2.38. The van der Waals surface area contributed by atoms with E-state index in [4.69, 9.17) is 9.26 Å². The predicted octanol–water partition coefficient (Wildman–Crippen LogP) is 1.45. The largest absolute Gasteiger partial charge is 0.383 e. The first kappa shape index (κ1) is 12.5. The van der Waals surface area contributed by atoms with Crippen LogP contribution in [0.4, 0.5) is 10.5 Å². The molecule has 6 nitrogen and oxygen atoms in total. The van der Waals surface area contributed by atoms with Crippen molar-refractivity contribution in [1.29, 1.82) is 0 Å². The van der Waals surface area contributed by atoms with Crippen molar-refractivity contribution < 1.29 is 14.1 Å². The molecule has 0 saturated carbocycles. The van der Waals surface area contributed by atoms with E-state index >= 15 is 0 Å². The van der Waals surface area contributed by atoms with Crippen molar-refractivity contribution in [3.8, 4) is 0 Å². The van der Waals surface area contributed by atoms with Gasteiger partial charge in [-0.15, -0.1) is 0 Å². The van der Waals surface area contributed by atoms with Gasteiger partial charge in [0, 0.05) is 7.11 Å². The van der Waals surface area contributed by atoms with Gasteiger partial charge in [-0.25, -0.2) is 4.79 Å². The van der Waals surface area contributed by atoms with Crippen LogP contribution >= 0.6 is 0 Å². The molecule has 16 heavy (non-hydrogen) atoms. The van der Waals surface area contributed by atoms with E-state index in [0.717, 1.165) is 0 Å². The van der Waals surface area contributed by atoms with Crippen molar-refractivity contribution in [1.82, 2.24) is 10.5 Å². The highest BCUT2D eigenvalue weighted by Crippen LogP contribution is 2.18. The second kappa shape index (κ2) is 5.50. The molecule has 0 radical (unpaired) electrons. The van der Waals surface area contributed by atoms with E-state index in [2.05, 4.69) is 15.8 Å². The van der Waals surface area contributed by atoms with Crippen molar-refractivity contribution in [3.05, 3.63) is 11.5 Å². The quantitative estimate of drug-likeness (QED) is 0.816. The topological polar surface area (TPSA) is 76.4 Å². The van der Waals surface area contributed by atoms with Crippen LogP contribution in [0.25, 0.3) is 0 Å². The fourth-order valence-corrected chi connectivity index (χ4v) is 1.33. The maximum absolute atomic E-state index is 11.6. The molecule has 0 aliphatic heterocycles. The SMILES string of the molecule is COC[C@@H](C)NC(=O)Nc1c(C)noc1C. The number of nitrogens with zero attached hydrogens (tertiary/aromatic N) is 1. The Morgan fingerprint density at radius 3 is 2.75 bits per heavy atom. The summed E-state index contributed by atoms with van der Waals surface area (Å²) in [6, 6.07) is -0.343. The first-order valence-electron chi connectivity index (χ1n) is 5.04. The molecule has 0 bridgehead atoms. The van der Waals surface area contributed by atoms with Gasteiger partial charge in [-0.3, -0.25) is 0 Å². The van der Waals surface area contributed by atoms with E-state index < -0.39 is 0 Å². The molecule has 0 spiro atoms. The van der Waals surface area contributed by atoms with Crippen LogP contribution in [-0.2, 0) is 4.74 Å². The van der Waals surface area contributed by atoms with Gasteiger partial charge >= 0.3 is 6.03 Å². The monoisotopic (exact) mass is 227 g/mol. The number of hydrogen-bond acceptors (Lipinski definition) is 4. The van der Waals surface area contributed by atoms with E-state index in [1.807, 2.05) is 6.92 Å². The summed E-state index contributed by atoms with van der Waals surface area (Å²) in [5.74, 6) is 0.590. The van der Waals surface area contributed by atoms with Gasteiger partial charge in [0.1, 0.15) is 11.4 Å². The highest BCUT2D eigenvalue weighted by atomic mass is 16.5. The molecule has 0 aromatic carbocycles. The van der Waals surface area contributed by atoms with E-state index in [9.17, 15) is 4.79 Å². The van der Waals surface area contributed by atoms with Crippen molar-refractivity contribution in [3.63, 3.8) is 0 Å². The molecule has 90 valence electrons. The van der Waals surface area contributed by atoms with Crippen molar-refractivity contribution in [2.24, 2.45) is 0 Å². The number of hydrogen-bond donors (Lipinski definition) is 2. The van der Waals surface area contributed by atoms with Gasteiger partial charge < -0.3 is 19.9 Å². The molecule has 2 amide bonds. The molecular formula is C10H17N3O3. The molecule has 1 aromatic heterocycles. The summed E-state index contributed by atoms with van der Waals surface area (Å²) in [6.45, 7) is 5.84. The number of nitrogens with one attached hydrogen (secondary N) is 2.